The van der Waals surface area contributed by atoms with E-state index in [0.29, 0.717) is 12.1 Å². The molecule has 39 heavy (non-hydrogen) atoms. The normalized spacial score (nSPS) is 13.2. The van der Waals surface area contributed by atoms with Crippen LogP contribution in [0.4, 0.5) is 4.79 Å². The average Bonchev–Trinajstić information content (AvgIpc) is 2.83. The molecule has 3 N–H and O–H groups in total. The first kappa shape index (κ1) is 31.7. The molecule has 0 radical (unpaired) electrons. The molecule has 8 heteroatoms. The van der Waals surface area contributed by atoms with Crippen molar-refractivity contribution in [2.24, 2.45) is 0 Å². The van der Waals surface area contributed by atoms with Crippen LogP contribution in [0.5, 0.6) is 5.75 Å². The zero-order chi connectivity index (χ0) is 29.2. The Morgan fingerprint density at radius 2 is 1.54 bits per heavy atom. The summed E-state index contributed by atoms with van der Waals surface area (Å²) in [4.78, 5) is 42.4. The fourth-order valence-corrected chi connectivity index (χ4v) is 4.31. The summed E-state index contributed by atoms with van der Waals surface area (Å²) in [5, 5.41) is 16.5. The number of rotatable bonds is 11. The average molecular weight is 540 g/mol. The van der Waals surface area contributed by atoms with E-state index in [9.17, 15) is 19.5 Å². The number of unbranched alkanes of at least 4 members (excludes halogenated alkanes) is 2. The van der Waals surface area contributed by atoms with Crippen LogP contribution in [-0.4, -0.2) is 51.6 Å². The lowest BCUT2D eigenvalue weighted by Gasteiger charge is -2.43. The van der Waals surface area contributed by atoms with E-state index in [1.807, 2.05) is 51.1 Å². The van der Waals surface area contributed by atoms with Gasteiger partial charge in [-0.3, -0.25) is 9.59 Å². The van der Waals surface area contributed by atoms with Gasteiger partial charge in [-0.1, -0.05) is 68.3 Å². The Labute approximate surface area is 233 Å². The molecule has 8 nitrogen and oxygen atoms in total. The zero-order valence-electron chi connectivity index (χ0n) is 24.4. The van der Waals surface area contributed by atoms with Crippen LogP contribution in [0.1, 0.15) is 84.9 Å². The number of aromatic hydroxyl groups is 1. The lowest BCUT2D eigenvalue weighted by atomic mass is 9.93. The Morgan fingerprint density at radius 3 is 2.10 bits per heavy atom. The minimum Gasteiger partial charge on any atom is -0.508 e. The monoisotopic (exact) mass is 539 g/mol. The first-order chi connectivity index (χ1) is 18.2. The summed E-state index contributed by atoms with van der Waals surface area (Å²) in [5.74, 6) is -0.950. The molecular weight excluding hydrogens is 494 g/mol. The Morgan fingerprint density at radius 1 is 0.923 bits per heavy atom. The van der Waals surface area contributed by atoms with Crippen LogP contribution in [0.25, 0.3) is 0 Å². The van der Waals surface area contributed by atoms with Gasteiger partial charge in [-0.15, -0.1) is 0 Å². The highest BCUT2D eigenvalue weighted by Crippen LogP contribution is 2.34. The van der Waals surface area contributed by atoms with Gasteiger partial charge in [0.25, 0.3) is 0 Å². The third-order valence-electron chi connectivity index (χ3n) is 6.05. The Bertz CT molecular complexity index is 1090. The number of ether oxygens (including phenoxy) is 1. The van der Waals surface area contributed by atoms with Crippen molar-refractivity contribution in [2.45, 2.75) is 97.4 Å². The van der Waals surface area contributed by atoms with E-state index in [1.165, 1.54) is 11.0 Å². The summed E-state index contributed by atoms with van der Waals surface area (Å²) < 4.78 is 5.47. The van der Waals surface area contributed by atoms with Gasteiger partial charge in [0.1, 0.15) is 23.4 Å². The van der Waals surface area contributed by atoms with Crippen LogP contribution in [-0.2, 0) is 20.7 Å². The minimum atomic E-state index is -1.13. The predicted octanol–water partition coefficient (Wildman–Crippen LogP) is 5.50. The van der Waals surface area contributed by atoms with Gasteiger partial charge < -0.3 is 25.4 Å². The van der Waals surface area contributed by atoms with Gasteiger partial charge in [-0.05, 0) is 59.6 Å². The van der Waals surface area contributed by atoms with Gasteiger partial charge in [0.2, 0.25) is 11.8 Å². The molecule has 0 aliphatic rings. The number of carbonyl (C=O) groups is 3. The zero-order valence-corrected chi connectivity index (χ0v) is 24.4. The second-order valence-electron chi connectivity index (χ2n) is 11.7. The quantitative estimate of drug-likeness (QED) is 0.327. The number of alkyl carbamates (subject to hydrolysis) is 1. The van der Waals surface area contributed by atoms with E-state index < -0.39 is 41.1 Å². The van der Waals surface area contributed by atoms with E-state index in [1.54, 1.807) is 39.0 Å². The largest absolute Gasteiger partial charge is 0.508 e. The molecule has 2 atom stereocenters. The third-order valence-corrected chi connectivity index (χ3v) is 6.05. The number of nitrogens with one attached hydrogen (secondary N) is 2. The number of hydrogen-bond acceptors (Lipinski definition) is 5. The molecule has 0 aliphatic carbocycles. The number of hydrogen-bond donors (Lipinski definition) is 3. The van der Waals surface area contributed by atoms with Crippen molar-refractivity contribution in [1.29, 1.82) is 0 Å². The van der Waals surface area contributed by atoms with Gasteiger partial charge in [-0.25, -0.2) is 4.79 Å². The van der Waals surface area contributed by atoms with Crippen LogP contribution < -0.4 is 10.6 Å². The summed E-state index contributed by atoms with van der Waals surface area (Å²) in [6.07, 6.45) is 2.23. The number of nitrogens with zero attached hydrogens (tertiary/aromatic N) is 1. The highest BCUT2D eigenvalue weighted by Gasteiger charge is 2.42. The maximum absolute atomic E-state index is 14.4. The molecule has 3 amide bonds. The Balaban J connectivity index is 2.56. The molecule has 0 bridgehead atoms. The summed E-state index contributed by atoms with van der Waals surface area (Å²) in [6.45, 7) is 13.3. The number of carbonyl (C=O) groups excluding carboxylic acids is 3. The van der Waals surface area contributed by atoms with E-state index >= 15 is 0 Å². The number of para-hydroxylation sites is 1. The third kappa shape index (κ3) is 9.93. The standard InChI is InChI=1S/C31H45N3O5/c1-8-9-15-20-32-27(36)26(23-18-13-14-19-25(23)35)34(30(2,3)4)28(37)24(21-22-16-11-10-12-17-22)33-29(38)39-31(5,6)7/h10-14,16-19,24,26,35H,8-9,15,20-21H2,1-7H3,(H,32,36)(H,33,38). The molecule has 0 aromatic heterocycles. The first-order valence-electron chi connectivity index (χ1n) is 13.7. The van der Waals surface area contributed by atoms with Crippen molar-refractivity contribution in [1.82, 2.24) is 15.5 Å². The van der Waals surface area contributed by atoms with E-state index in [2.05, 4.69) is 17.6 Å². The maximum Gasteiger partial charge on any atom is 0.408 e. The van der Waals surface area contributed by atoms with Crippen LogP contribution in [0.15, 0.2) is 54.6 Å². The molecule has 0 aliphatic heterocycles. The van der Waals surface area contributed by atoms with Crippen molar-refractivity contribution in [3.05, 3.63) is 65.7 Å². The van der Waals surface area contributed by atoms with Gasteiger partial charge in [0, 0.05) is 24.1 Å². The van der Waals surface area contributed by atoms with Gasteiger partial charge in [0.05, 0.1) is 0 Å². The first-order valence-corrected chi connectivity index (χ1v) is 13.7. The number of phenolic OH excluding ortho intramolecular Hbond substituents is 1. The molecule has 0 saturated carbocycles. The van der Waals surface area contributed by atoms with Crippen LogP contribution in [0.2, 0.25) is 0 Å². The van der Waals surface area contributed by atoms with Crippen LogP contribution >= 0.6 is 0 Å². The topological polar surface area (TPSA) is 108 Å². The summed E-state index contributed by atoms with van der Waals surface area (Å²) >= 11 is 0. The van der Waals surface area contributed by atoms with Gasteiger partial charge in [0.15, 0.2) is 0 Å². The SMILES string of the molecule is CCCCCNC(=O)C(c1ccccc1O)N(C(=O)C(Cc1ccccc1)NC(=O)OC(C)(C)C)C(C)(C)C. The summed E-state index contributed by atoms with van der Waals surface area (Å²) in [5.41, 5.74) is -0.464. The lowest BCUT2D eigenvalue weighted by Crippen LogP contribution is -2.59. The lowest BCUT2D eigenvalue weighted by molar-refractivity contribution is -0.148. The molecular formula is C31H45N3O5. The van der Waals surface area contributed by atoms with Crippen LogP contribution in [0, 0.1) is 0 Å². The summed E-state index contributed by atoms with van der Waals surface area (Å²) in [6, 6.07) is 13.7. The second kappa shape index (κ2) is 14.0. The fourth-order valence-electron chi connectivity index (χ4n) is 4.31. The molecule has 2 aromatic carbocycles. The molecule has 2 rings (SSSR count). The minimum absolute atomic E-state index is 0.0898. The van der Waals surface area contributed by atoms with Crippen molar-refractivity contribution in [2.75, 3.05) is 6.54 Å². The second-order valence-corrected chi connectivity index (χ2v) is 11.7. The van der Waals surface area contributed by atoms with Crippen LogP contribution in [0.3, 0.4) is 0 Å². The van der Waals surface area contributed by atoms with Crippen molar-refractivity contribution in [3.63, 3.8) is 0 Å². The molecule has 0 heterocycles. The van der Waals surface area contributed by atoms with Gasteiger partial charge >= 0.3 is 6.09 Å². The molecule has 2 aromatic rings. The number of phenols is 1. The smallest absolute Gasteiger partial charge is 0.408 e. The molecule has 0 saturated heterocycles. The molecule has 0 fully saturated rings. The van der Waals surface area contributed by atoms with E-state index in [0.717, 1.165) is 24.8 Å². The highest BCUT2D eigenvalue weighted by atomic mass is 16.6. The number of benzene rings is 2. The van der Waals surface area contributed by atoms with E-state index in [-0.39, 0.29) is 12.2 Å². The van der Waals surface area contributed by atoms with Crippen molar-refractivity contribution < 1.29 is 24.2 Å². The maximum atomic E-state index is 14.4. The predicted molar refractivity (Wildman–Crippen MR) is 153 cm³/mol. The molecule has 214 valence electrons. The van der Waals surface area contributed by atoms with Gasteiger partial charge in [-0.2, -0.15) is 0 Å². The Kier molecular flexibility index (Phi) is 11.4. The molecule has 2 unspecified atom stereocenters. The Hall–Kier alpha value is -3.55. The number of amides is 3. The molecule has 0 spiro atoms. The van der Waals surface area contributed by atoms with E-state index in [4.69, 9.17) is 4.74 Å². The van der Waals surface area contributed by atoms with Crippen molar-refractivity contribution in [3.8, 4) is 5.75 Å². The fraction of sp³-hybridized carbons (Fsp3) is 0.516. The summed E-state index contributed by atoms with van der Waals surface area (Å²) in [7, 11) is 0. The highest BCUT2D eigenvalue weighted by molar-refractivity contribution is 5.93. The van der Waals surface area contributed by atoms with Crippen molar-refractivity contribution >= 4 is 17.9 Å².